The second kappa shape index (κ2) is 4.31. The van der Waals surface area contributed by atoms with Gasteiger partial charge in [-0.15, -0.1) is 0 Å². The van der Waals surface area contributed by atoms with Crippen LogP contribution in [0.1, 0.15) is 19.8 Å². The molecule has 1 fully saturated rings. The van der Waals surface area contributed by atoms with Crippen LogP contribution in [0.3, 0.4) is 0 Å². The topological polar surface area (TPSA) is 31.4 Å². The summed E-state index contributed by atoms with van der Waals surface area (Å²) in [5.41, 5.74) is 0. The van der Waals surface area contributed by atoms with Gasteiger partial charge in [-0.3, -0.25) is 0 Å². The zero-order chi connectivity index (χ0) is 9.80. The summed E-state index contributed by atoms with van der Waals surface area (Å²) in [5.74, 6) is 2.07. The van der Waals surface area contributed by atoms with E-state index in [1.165, 1.54) is 12.8 Å². The maximum Gasteiger partial charge on any atom is 0.216 e. The van der Waals surface area contributed by atoms with Crippen LogP contribution in [0.25, 0.3) is 0 Å². The molecule has 2 rings (SSSR count). The smallest absolute Gasteiger partial charge is 0.216 e. The first-order chi connectivity index (χ1) is 6.88. The lowest BCUT2D eigenvalue weighted by Crippen LogP contribution is -2.02. The zero-order valence-electron chi connectivity index (χ0n) is 8.40. The summed E-state index contributed by atoms with van der Waals surface area (Å²) in [4.78, 5) is 4.22. The third-order valence-electron chi connectivity index (χ3n) is 2.15. The summed E-state index contributed by atoms with van der Waals surface area (Å²) < 4.78 is 10.8. The van der Waals surface area contributed by atoms with Crippen molar-refractivity contribution in [2.75, 3.05) is 13.2 Å². The molecule has 0 spiro atoms. The maximum atomic E-state index is 5.53. The largest absolute Gasteiger partial charge is 0.478 e. The Morgan fingerprint density at radius 3 is 2.64 bits per heavy atom. The Morgan fingerprint density at radius 1 is 1.29 bits per heavy atom. The van der Waals surface area contributed by atoms with E-state index >= 15 is 0 Å². The van der Waals surface area contributed by atoms with Gasteiger partial charge in [0.25, 0.3) is 0 Å². The first kappa shape index (κ1) is 9.31. The maximum absolute atomic E-state index is 5.53. The van der Waals surface area contributed by atoms with Gasteiger partial charge in [0, 0.05) is 12.1 Å². The van der Waals surface area contributed by atoms with Gasteiger partial charge >= 0.3 is 0 Å². The molecule has 0 radical (unpaired) electrons. The van der Waals surface area contributed by atoms with Crippen molar-refractivity contribution in [1.82, 2.24) is 4.98 Å². The Bertz CT molecular complexity index is 297. The highest BCUT2D eigenvalue weighted by atomic mass is 16.5. The molecule has 1 aliphatic carbocycles. The molecule has 0 bridgehead atoms. The van der Waals surface area contributed by atoms with Gasteiger partial charge < -0.3 is 9.47 Å². The van der Waals surface area contributed by atoms with Gasteiger partial charge in [-0.05, 0) is 25.7 Å². The predicted octanol–water partition coefficient (Wildman–Crippen LogP) is 2.27. The Kier molecular flexibility index (Phi) is 2.87. The lowest BCUT2D eigenvalue weighted by Gasteiger charge is -2.06. The van der Waals surface area contributed by atoms with Gasteiger partial charge in [0.2, 0.25) is 11.8 Å². The lowest BCUT2D eigenvalue weighted by molar-refractivity contribution is 0.275. The predicted molar refractivity (Wildman–Crippen MR) is 53.6 cm³/mol. The molecule has 1 saturated carbocycles. The lowest BCUT2D eigenvalue weighted by atomic mass is 10.4. The fourth-order valence-corrected chi connectivity index (χ4v) is 1.19. The monoisotopic (exact) mass is 193 g/mol. The standard InChI is InChI=1S/C11H15NO2/c1-2-13-10-4-3-5-11(12-10)14-8-9-6-7-9/h3-5,9H,2,6-8H2,1H3. The van der Waals surface area contributed by atoms with Crippen molar-refractivity contribution in [2.45, 2.75) is 19.8 Å². The average Bonchev–Trinajstić information content (AvgIpc) is 2.99. The van der Waals surface area contributed by atoms with Crippen molar-refractivity contribution in [2.24, 2.45) is 5.92 Å². The number of hydrogen-bond donors (Lipinski definition) is 0. The summed E-state index contributed by atoms with van der Waals surface area (Å²) in [7, 11) is 0. The second-order valence-electron chi connectivity index (χ2n) is 3.50. The molecule has 1 aromatic rings. The molecular weight excluding hydrogens is 178 g/mol. The molecular formula is C11H15NO2. The summed E-state index contributed by atoms with van der Waals surface area (Å²) >= 11 is 0. The highest BCUT2D eigenvalue weighted by Crippen LogP contribution is 2.29. The number of aromatic nitrogens is 1. The minimum atomic E-state index is 0.638. The van der Waals surface area contributed by atoms with Crippen LogP contribution in [0.15, 0.2) is 18.2 Å². The van der Waals surface area contributed by atoms with Crippen LogP contribution in [0.4, 0.5) is 0 Å². The Balaban J connectivity index is 1.90. The fourth-order valence-electron chi connectivity index (χ4n) is 1.19. The van der Waals surface area contributed by atoms with E-state index in [1.807, 2.05) is 25.1 Å². The third-order valence-corrected chi connectivity index (χ3v) is 2.15. The van der Waals surface area contributed by atoms with Gasteiger partial charge in [-0.2, -0.15) is 4.98 Å². The van der Waals surface area contributed by atoms with Crippen molar-refractivity contribution in [3.8, 4) is 11.8 Å². The van der Waals surface area contributed by atoms with E-state index < -0.39 is 0 Å². The summed E-state index contributed by atoms with van der Waals surface area (Å²) in [6.07, 6.45) is 2.59. The molecule has 0 aliphatic heterocycles. The molecule has 3 heteroatoms. The van der Waals surface area contributed by atoms with E-state index in [1.54, 1.807) is 0 Å². The molecule has 14 heavy (non-hydrogen) atoms. The summed E-state index contributed by atoms with van der Waals surface area (Å²) in [5, 5.41) is 0. The van der Waals surface area contributed by atoms with Gasteiger partial charge in [0.1, 0.15) is 0 Å². The number of hydrogen-bond acceptors (Lipinski definition) is 3. The van der Waals surface area contributed by atoms with E-state index in [4.69, 9.17) is 9.47 Å². The highest BCUT2D eigenvalue weighted by molar-refractivity contribution is 5.19. The van der Waals surface area contributed by atoms with E-state index in [0.717, 1.165) is 12.5 Å². The number of nitrogens with zero attached hydrogens (tertiary/aromatic N) is 1. The molecule has 0 unspecified atom stereocenters. The Labute approximate surface area is 84.1 Å². The molecule has 1 aliphatic rings. The van der Waals surface area contributed by atoms with Crippen LogP contribution in [-0.2, 0) is 0 Å². The molecule has 1 heterocycles. The van der Waals surface area contributed by atoms with Crippen molar-refractivity contribution < 1.29 is 9.47 Å². The zero-order valence-corrected chi connectivity index (χ0v) is 8.40. The quantitative estimate of drug-likeness (QED) is 0.718. The van der Waals surface area contributed by atoms with Crippen LogP contribution in [0.5, 0.6) is 11.8 Å². The van der Waals surface area contributed by atoms with Gasteiger partial charge in [-0.1, -0.05) is 6.07 Å². The van der Waals surface area contributed by atoms with E-state index in [-0.39, 0.29) is 0 Å². The SMILES string of the molecule is CCOc1cccc(OCC2CC2)n1. The van der Waals surface area contributed by atoms with E-state index in [0.29, 0.717) is 18.4 Å². The normalized spacial score (nSPS) is 15.2. The first-order valence-corrected chi connectivity index (χ1v) is 5.11. The highest BCUT2D eigenvalue weighted by Gasteiger charge is 2.22. The second-order valence-corrected chi connectivity index (χ2v) is 3.50. The minimum absolute atomic E-state index is 0.638. The van der Waals surface area contributed by atoms with E-state index in [2.05, 4.69) is 4.98 Å². The van der Waals surface area contributed by atoms with Crippen LogP contribution in [0, 0.1) is 5.92 Å². The van der Waals surface area contributed by atoms with Gasteiger partial charge in [0.15, 0.2) is 0 Å². The van der Waals surface area contributed by atoms with Crippen molar-refractivity contribution >= 4 is 0 Å². The molecule has 1 aromatic heterocycles. The fraction of sp³-hybridized carbons (Fsp3) is 0.545. The summed E-state index contributed by atoms with van der Waals surface area (Å²) in [6, 6.07) is 5.61. The van der Waals surface area contributed by atoms with Gasteiger partial charge in [-0.25, -0.2) is 0 Å². The minimum Gasteiger partial charge on any atom is -0.478 e. The molecule has 3 nitrogen and oxygen atoms in total. The average molecular weight is 193 g/mol. The van der Waals surface area contributed by atoms with E-state index in [9.17, 15) is 0 Å². The van der Waals surface area contributed by atoms with Crippen LogP contribution >= 0.6 is 0 Å². The van der Waals surface area contributed by atoms with Crippen LogP contribution in [-0.4, -0.2) is 18.2 Å². The molecule has 0 amide bonds. The van der Waals surface area contributed by atoms with Crippen LogP contribution in [0.2, 0.25) is 0 Å². The van der Waals surface area contributed by atoms with Crippen molar-refractivity contribution in [1.29, 1.82) is 0 Å². The third kappa shape index (κ3) is 2.62. The Hall–Kier alpha value is -1.25. The molecule has 0 aromatic carbocycles. The van der Waals surface area contributed by atoms with Crippen LogP contribution < -0.4 is 9.47 Å². The first-order valence-electron chi connectivity index (χ1n) is 5.11. The Morgan fingerprint density at radius 2 is 2.00 bits per heavy atom. The number of ether oxygens (including phenoxy) is 2. The van der Waals surface area contributed by atoms with Crippen molar-refractivity contribution in [3.05, 3.63) is 18.2 Å². The summed E-state index contributed by atoms with van der Waals surface area (Å²) in [6.45, 7) is 3.38. The van der Waals surface area contributed by atoms with Gasteiger partial charge in [0.05, 0.1) is 13.2 Å². The molecule has 0 N–H and O–H groups in total. The van der Waals surface area contributed by atoms with Crippen molar-refractivity contribution in [3.63, 3.8) is 0 Å². The molecule has 76 valence electrons. The molecule has 0 atom stereocenters. The number of pyridine rings is 1. The number of rotatable bonds is 5. The molecule has 0 saturated heterocycles.